The van der Waals surface area contributed by atoms with Gasteiger partial charge in [-0.15, -0.1) is 0 Å². The van der Waals surface area contributed by atoms with Crippen LogP contribution in [0.2, 0.25) is 0 Å². The number of ether oxygens (including phenoxy) is 3. The summed E-state index contributed by atoms with van der Waals surface area (Å²) in [6.07, 6.45) is 0. The van der Waals surface area contributed by atoms with Crippen molar-refractivity contribution in [3.05, 3.63) is 71.0 Å². The summed E-state index contributed by atoms with van der Waals surface area (Å²) >= 11 is 0. The van der Waals surface area contributed by atoms with Crippen LogP contribution >= 0.6 is 0 Å². The van der Waals surface area contributed by atoms with Crippen LogP contribution in [0.15, 0.2) is 58.6 Å². The summed E-state index contributed by atoms with van der Waals surface area (Å²) in [5.41, 5.74) is 0.681. The molecule has 0 bridgehead atoms. The van der Waals surface area contributed by atoms with Gasteiger partial charge in [-0.25, -0.2) is 0 Å². The predicted octanol–water partition coefficient (Wildman–Crippen LogP) is 4.03. The Morgan fingerprint density at radius 1 is 1.06 bits per heavy atom. The minimum atomic E-state index is -1.04. The number of hydrogen-bond donors (Lipinski definition) is 1. The summed E-state index contributed by atoms with van der Waals surface area (Å²) < 4.78 is 21.5. The van der Waals surface area contributed by atoms with E-state index in [-0.39, 0.29) is 17.2 Å². The number of aliphatic hydroxyl groups is 1. The van der Waals surface area contributed by atoms with Crippen molar-refractivity contribution < 1.29 is 33.4 Å². The number of benzene rings is 2. The zero-order chi connectivity index (χ0) is 24.4. The number of nitrogens with zero attached hydrogens (tertiary/aromatic N) is 2. The molecule has 0 spiro atoms. The van der Waals surface area contributed by atoms with Crippen molar-refractivity contribution in [2.24, 2.45) is 0 Å². The van der Waals surface area contributed by atoms with Gasteiger partial charge in [0.25, 0.3) is 5.78 Å². The van der Waals surface area contributed by atoms with Crippen LogP contribution in [-0.2, 0) is 9.59 Å². The quantitative estimate of drug-likeness (QED) is 0.317. The van der Waals surface area contributed by atoms with Gasteiger partial charge in [0.2, 0.25) is 0 Å². The Morgan fingerprint density at radius 2 is 1.76 bits per heavy atom. The summed E-state index contributed by atoms with van der Waals surface area (Å²) in [7, 11) is 2.98. The molecule has 4 rings (SSSR count). The van der Waals surface area contributed by atoms with E-state index in [1.165, 1.54) is 19.1 Å². The first-order valence-corrected chi connectivity index (χ1v) is 10.6. The highest BCUT2D eigenvalue weighted by Gasteiger charge is 2.49. The van der Waals surface area contributed by atoms with Crippen LogP contribution in [0, 0.1) is 6.92 Å². The minimum Gasteiger partial charge on any atom is -0.507 e. The van der Waals surface area contributed by atoms with Crippen molar-refractivity contribution in [1.82, 2.24) is 5.16 Å². The minimum absolute atomic E-state index is 0.110. The molecule has 1 aliphatic heterocycles. The maximum absolute atomic E-state index is 13.3. The lowest BCUT2D eigenvalue weighted by molar-refractivity contribution is -0.132. The summed E-state index contributed by atoms with van der Waals surface area (Å²) in [5.74, 6) is 0.0504. The van der Waals surface area contributed by atoms with E-state index in [2.05, 4.69) is 5.16 Å². The molecule has 0 aliphatic carbocycles. The Labute approximate surface area is 196 Å². The molecule has 34 heavy (non-hydrogen) atoms. The average Bonchev–Trinajstić information content (AvgIpc) is 3.39. The first-order chi connectivity index (χ1) is 16.4. The summed E-state index contributed by atoms with van der Waals surface area (Å²) in [6, 6.07) is 12.1. The van der Waals surface area contributed by atoms with Crippen LogP contribution in [0.5, 0.6) is 17.2 Å². The van der Waals surface area contributed by atoms with Crippen molar-refractivity contribution >= 4 is 23.3 Å². The highest BCUT2D eigenvalue weighted by molar-refractivity contribution is 6.51. The summed E-state index contributed by atoms with van der Waals surface area (Å²) in [5, 5.41) is 15.2. The maximum Gasteiger partial charge on any atom is 0.301 e. The molecule has 1 aromatic heterocycles. The first kappa shape index (κ1) is 22.9. The fourth-order valence-electron chi connectivity index (χ4n) is 3.91. The van der Waals surface area contributed by atoms with E-state index in [4.69, 9.17) is 18.7 Å². The lowest BCUT2D eigenvalue weighted by atomic mass is 9.94. The van der Waals surface area contributed by atoms with E-state index >= 15 is 0 Å². The number of amides is 1. The number of ketones is 1. The highest BCUT2D eigenvalue weighted by Crippen LogP contribution is 2.45. The van der Waals surface area contributed by atoms with E-state index in [0.29, 0.717) is 40.7 Å². The fraction of sp³-hybridized carbons (Fsp3) is 0.240. The van der Waals surface area contributed by atoms with Crippen molar-refractivity contribution in [3.63, 3.8) is 0 Å². The Kier molecular flexibility index (Phi) is 6.27. The number of hydrogen-bond acceptors (Lipinski definition) is 8. The monoisotopic (exact) mass is 464 g/mol. The van der Waals surface area contributed by atoms with Crippen molar-refractivity contribution in [3.8, 4) is 17.2 Å². The number of methoxy groups -OCH3 is 2. The van der Waals surface area contributed by atoms with Gasteiger partial charge in [0.05, 0.1) is 26.4 Å². The number of rotatable bonds is 7. The van der Waals surface area contributed by atoms with Crippen LogP contribution in [-0.4, -0.2) is 42.8 Å². The highest BCUT2D eigenvalue weighted by atomic mass is 16.5. The molecule has 9 nitrogen and oxygen atoms in total. The number of anilines is 1. The van der Waals surface area contributed by atoms with Gasteiger partial charge >= 0.3 is 5.91 Å². The number of aromatic nitrogens is 1. The molecule has 1 aliphatic rings. The van der Waals surface area contributed by atoms with Gasteiger partial charge in [0.1, 0.15) is 34.8 Å². The normalized spacial score (nSPS) is 17.2. The van der Waals surface area contributed by atoms with Crippen LogP contribution in [0.3, 0.4) is 0 Å². The van der Waals surface area contributed by atoms with Gasteiger partial charge in [-0.05, 0) is 56.3 Å². The van der Waals surface area contributed by atoms with E-state index in [1.807, 2.05) is 6.92 Å². The molecule has 1 atom stereocenters. The molecule has 1 saturated heterocycles. The van der Waals surface area contributed by atoms with Crippen LogP contribution in [0.1, 0.15) is 29.9 Å². The van der Waals surface area contributed by atoms with Gasteiger partial charge < -0.3 is 23.8 Å². The molecule has 176 valence electrons. The second-order valence-electron chi connectivity index (χ2n) is 7.53. The van der Waals surface area contributed by atoms with E-state index in [1.54, 1.807) is 55.5 Å². The zero-order valence-corrected chi connectivity index (χ0v) is 19.2. The molecule has 9 heteroatoms. The molecule has 2 heterocycles. The van der Waals surface area contributed by atoms with Crippen LogP contribution in [0.4, 0.5) is 5.82 Å². The number of Topliss-reactive ketones (excluding diaryl/α,β-unsaturated/α-hetero) is 1. The Balaban J connectivity index is 1.95. The van der Waals surface area contributed by atoms with Gasteiger partial charge in [-0.2, -0.15) is 0 Å². The molecule has 3 aromatic rings. The molecule has 0 radical (unpaired) electrons. The number of carbonyl (C=O) groups is 2. The molecule has 1 fully saturated rings. The first-order valence-electron chi connectivity index (χ1n) is 10.6. The predicted molar refractivity (Wildman–Crippen MR) is 123 cm³/mol. The average molecular weight is 464 g/mol. The van der Waals surface area contributed by atoms with Gasteiger partial charge in [-0.1, -0.05) is 5.16 Å². The third-order valence-corrected chi connectivity index (χ3v) is 5.48. The smallest absolute Gasteiger partial charge is 0.301 e. The lowest BCUT2D eigenvalue weighted by Crippen LogP contribution is -2.30. The second-order valence-corrected chi connectivity index (χ2v) is 7.53. The number of aliphatic hydroxyl groups excluding tert-OH is 1. The van der Waals surface area contributed by atoms with Crippen LogP contribution in [0.25, 0.3) is 5.76 Å². The van der Waals surface area contributed by atoms with Crippen molar-refractivity contribution in [1.29, 1.82) is 0 Å². The summed E-state index contributed by atoms with van der Waals surface area (Å²) in [4.78, 5) is 27.6. The Morgan fingerprint density at radius 3 is 2.35 bits per heavy atom. The lowest BCUT2D eigenvalue weighted by Gasteiger charge is -2.24. The van der Waals surface area contributed by atoms with E-state index < -0.39 is 17.7 Å². The second kappa shape index (κ2) is 9.30. The zero-order valence-electron chi connectivity index (χ0n) is 19.2. The molecule has 0 saturated carbocycles. The molecule has 1 N–H and O–H groups in total. The third kappa shape index (κ3) is 3.96. The van der Waals surface area contributed by atoms with Crippen LogP contribution < -0.4 is 19.1 Å². The Bertz CT molecular complexity index is 1260. The molecule has 2 aromatic carbocycles. The molecular weight excluding hydrogens is 440 g/mol. The molecule has 1 amide bonds. The van der Waals surface area contributed by atoms with Gasteiger partial charge in [0.15, 0.2) is 5.82 Å². The Hall–Kier alpha value is -4.27. The summed E-state index contributed by atoms with van der Waals surface area (Å²) in [6.45, 7) is 4.03. The van der Waals surface area contributed by atoms with Gasteiger partial charge in [0, 0.05) is 17.2 Å². The van der Waals surface area contributed by atoms with Crippen molar-refractivity contribution in [2.75, 3.05) is 25.7 Å². The third-order valence-electron chi connectivity index (χ3n) is 5.48. The van der Waals surface area contributed by atoms with E-state index in [9.17, 15) is 14.7 Å². The standard InChI is InChI=1S/C25H24N2O7/c1-5-33-16-8-6-15(7-9-16)23(28)21-22(18-13-17(31-3)10-11-19(18)32-4)27(25(30)24(21)29)20-12-14(2)34-26-20/h6-13,22,28H,5H2,1-4H3/b23-21-. The number of carbonyl (C=O) groups excluding carboxylic acids is 2. The maximum atomic E-state index is 13.3. The molecular formula is C25H24N2O7. The number of aryl methyl sites for hydroxylation is 1. The van der Waals surface area contributed by atoms with E-state index in [0.717, 1.165) is 0 Å². The van der Waals surface area contributed by atoms with Crippen molar-refractivity contribution in [2.45, 2.75) is 19.9 Å². The molecule has 1 unspecified atom stereocenters. The largest absolute Gasteiger partial charge is 0.507 e. The SMILES string of the molecule is CCOc1ccc(/C(O)=C2/C(=O)C(=O)N(c3cc(C)on3)C2c2cc(OC)ccc2OC)cc1. The fourth-order valence-corrected chi connectivity index (χ4v) is 3.91. The van der Waals surface area contributed by atoms with Gasteiger partial charge in [-0.3, -0.25) is 14.5 Å². The topological polar surface area (TPSA) is 111 Å².